The number of alkyl halides is 9. The lowest BCUT2D eigenvalue weighted by molar-refractivity contribution is -0.370. The fourth-order valence-corrected chi connectivity index (χ4v) is 10.7. The summed E-state index contributed by atoms with van der Waals surface area (Å²) < 4.78 is 157. The fraction of sp³-hybridized carbons (Fsp3) is 0.971. The van der Waals surface area contributed by atoms with Crippen LogP contribution in [0.3, 0.4) is 0 Å². The summed E-state index contributed by atoms with van der Waals surface area (Å²) in [5, 5.41) is 8.91. The van der Waals surface area contributed by atoms with Crippen LogP contribution in [0, 0.1) is 17.3 Å². The van der Waals surface area contributed by atoms with Crippen LogP contribution in [0.2, 0.25) is 31.2 Å². The minimum Gasteiger partial charge on any atom is -0.459 e. The zero-order chi connectivity index (χ0) is 40.7. The van der Waals surface area contributed by atoms with Crippen molar-refractivity contribution in [1.29, 1.82) is 0 Å². The highest BCUT2D eigenvalue weighted by Gasteiger charge is 2.75. The van der Waals surface area contributed by atoms with Crippen LogP contribution in [0.5, 0.6) is 0 Å². The average molecular weight is 915 g/mol. The van der Waals surface area contributed by atoms with Crippen molar-refractivity contribution < 1.29 is 85.1 Å². The molecule has 0 saturated heterocycles. The van der Waals surface area contributed by atoms with Gasteiger partial charge in [0.15, 0.2) is 5.41 Å². The van der Waals surface area contributed by atoms with Crippen LogP contribution in [-0.4, -0.2) is 117 Å². The van der Waals surface area contributed by atoms with E-state index in [-0.39, 0.29) is 68.5 Å². The molecule has 2 rings (SSSR count). The van der Waals surface area contributed by atoms with Crippen molar-refractivity contribution in [2.24, 2.45) is 17.3 Å². The van der Waals surface area contributed by atoms with Crippen molar-refractivity contribution in [3.63, 3.8) is 0 Å². The van der Waals surface area contributed by atoms with Gasteiger partial charge < -0.3 is 40.8 Å². The number of hydrogen-bond donors (Lipinski definition) is 1. The van der Waals surface area contributed by atoms with Gasteiger partial charge >= 0.3 is 50.4 Å². The van der Waals surface area contributed by atoms with Crippen LogP contribution in [0.25, 0.3) is 0 Å². The number of rotatable bonds is 13. The largest absolute Gasteiger partial charge is 0.496 e. The van der Waals surface area contributed by atoms with Crippen molar-refractivity contribution in [2.45, 2.75) is 158 Å². The quantitative estimate of drug-likeness (QED) is 0.109. The molecule has 22 heteroatoms. The van der Waals surface area contributed by atoms with E-state index in [1.807, 2.05) is 6.55 Å². The fourth-order valence-electron chi connectivity index (χ4n) is 6.12. The Kier molecular flexibility index (Phi) is 32.0. The first-order valence-electron chi connectivity index (χ1n) is 15.8. The normalized spacial score (nSPS) is 20.9. The van der Waals surface area contributed by atoms with E-state index in [2.05, 4.69) is 0 Å². The summed E-state index contributed by atoms with van der Waals surface area (Å²) in [6, 6.07) is -0.0888. The van der Waals surface area contributed by atoms with Crippen LogP contribution in [0.15, 0.2) is 0 Å². The standard InChI is InChI=1S/C16H27F3O4Si.C9H16F6O3Si.C4H12O3Si.6CH4/c1-14(2,3)23-13(20)15(16(17,18)19)9-10-7-11(15)12(8-10)24(6,21-4)22-5;1-17-19(3,18-2)6-4-5-7(16,8(10,11)12)9(13,14)15;1-5-8(4,6-2)7-3;;;;;;/h10-12H,7-9H2,1-6H3;16H,4-6H2,1-3H3;1-4H3;6*1H4. The summed E-state index contributed by atoms with van der Waals surface area (Å²) >= 11 is 0. The minimum absolute atomic E-state index is 0. The molecular formula is C35H79F9O10Si3. The summed E-state index contributed by atoms with van der Waals surface area (Å²) in [4.78, 5) is 12.7. The van der Waals surface area contributed by atoms with Gasteiger partial charge in [-0.05, 0) is 83.8 Å². The molecule has 10 nitrogen and oxygen atoms in total. The van der Waals surface area contributed by atoms with E-state index in [1.165, 1.54) is 35.0 Å². The zero-order valence-corrected chi connectivity index (χ0v) is 34.5. The number of esters is 1. The van der Waals surface area contributed by atoms with Crippen molar-refractivity contribution in [3.8, 4) is 0 Å². The lowest BCUT2D eigenvalue weighted by Crippen LogP contribution is -2.56. The molecule has 4 atom stereocenters. The first-order valence-corrected chi connectivity index (χ1v) is 23.0. The summed E-state index contributed by atoms with van der Waals surface area (Å²) in [6.45, 7) is 9.86. The molecule has 0 aromatic rings. The molecular weight excluding hydrogens is 836 g/mol. The summed E-state index contributed by atoms with van der Waals surface area (Å²) in [5.41, 5.74) is -8.48. The Hall–Kier alpha value is -0.829. The molecule has 0 heterocycles. The molecule has 4 unspecified atom stereocenters. The minimum atomic E-state index is -5.77. The van der Waals surface area contributed by atoms with Gasteiger partial charge in [0, 0.05) is 61.9 Å². The number of halogens is 9. The van der Waals surface area contributed by atoms with Gasteiger partial charge in [0.1, 0.15) is 5.60 Å². The lowest BCUT2D eigenvalue weighted by atomic mass is 9.72. The Bertz CT molecular complexity index is 1060. The van der Waals surface area contributed by atoms with Crippen molar-refractivity contribution in [3.05, 3.63) is 0 Å². The summed E-state index contributed by atoms with van der Waals surface area (Å²) in [6.07, 6.45) is -17.4. The second kappa shape index (κ2) is 25.8. The highest BCUT2D eigenvalue weighted by molar-refractivity contribution is 6.67. The summed E-state index contributed by atoms with van der Waals surface area (Å²) in [5.74, 6) is -2.14. The molecule has 1 N–H and O–H groups in total. The summed E-state index contributed by atoms with van der Waals surface area (Å²) in [7, 11) is 2.52. The molecule has 0 aromatic carbocycles. The lowest BCUT2D eigenvalue weighted by Gasteiger charge is -2.45. The van der Waals surface area contributed by atoms with Gasteiger partial charge in [-0.25, -0.2) is 0 Å². The van der Waals surface area contributed by atoms with Gasteiger partial charge in [0.2, 0.25) is 0 Å². The number of aliphatic hydroxyl groups is 1. The molecule has 0 aromatic heterocycles. The van der Waals surface area contributed by atoms with Crippen LogP contribution in [0.4, 0.5) is 39.5 Å². The van der Waals surface area contributed by atoms with Crippen LogP contribution < -0.4 is 0 Å². The maximum Gasteiger partial charge on any atom is 0.496 e. The molecule has 57 heavy (non-hydrogen) atoms. The third-order valence-electron chi connectivity index (χ3n) is 9.74. The smallest absolute Gasteiger partial charge is 0.459 e. The van der Waals surface area contributed by atoms with Gasteiger partial charge in [-0.2, -0.15) is 39.5 Å². The van der Waals surface area contributed by atoms with E-state index >= 15 is 0 Å². The van der Waals surface area contributed by atoms with Gasteiger partial charge in [0.25, 0.3) is 5.60 Å². The van der Waals surface area contributed by atoms with E-state index < -0.39 is 85.8 Å². The topological polar surface area (TPSA) is 111 Å². The monoisotopic (exact) mass is 914 g/mol. The first-order chi connectivity index (χ1) is 22.8. The highest BCUT2D eigenvalue weighted by atomic mass is 28.4. The van der Waals surface area contributed by atoms with Gasteiger partial charge in [-0.3, -0.25) is 4.79 Å². The molecule has 2 aliphatic carbocycles. The molecule has 0 radical (unpaired) electrons. The Balaban J connectivity index is -0.000000137. The second-order valence-electron chi connectivity index (χ2n) is 13.9. The van der Waals surface area contributed by atoms with E-state index in [0.717, 1.165) is 0 Å². The number of hydrogen-bond acceptors (Lipinski definition) is 10. The Morgan fingerprint density at radius 1 is 0.667 bits per heavy atom. The number of carbonyl (C=O) groups excluding carboxylic acids is 1. The van der Waals surface area contributed by atoms with Gasteiger partial charge in [-0.1, -0.05) is 44.6 Å². The molecule has 2 bridgehead atoms. The number of fused-ring (bicyclic) bond motifs is 2. The Morgan fingerprint density at radius 3 is 1.30 bits per heavy atom. The Labute approximate surface area is 342 Å². The zero-order valence-electron chi connectivity index (χ0n) is 31.5. The third-order valence-corrected chi connectivity index (χ3v) is 18.6. The molecule has 0 aliphatic heterocycles. The molecule has 0 spiro atoms. The van der Waals surface area contributed by atoms with E-state index in [1.54, 1.807) is 48.6 Å². The van der Waals surface area contributed by atoms with E-state index in [9.17, 15) is 44.3 Å². The van der Waals surface area contributed by atoms with Crippen molar-refractivity contribution >= 4 is 31.9 Å². The maximum absolute atomic E-state index is 14.1. The Morgan fingerprint density at radius 2 is 1.05 bits per heavy atom. The molecule has 2 aliphatic rings. The molecule has 2 fully saturated rings. The SMILES string of the molecule is C.C.C.C.C.C.CO[Si](C)(CCCC(O)(C(F)(F)F)C(F)(F)F)OC.CO[Si](C)(OC)C1CC2CC1C(C(=O)OC(C)(C)C)(C(F)(F)F)C2.CO[Si](C)(OC)OC. The van der Waals surface area contributed by atoms with Gasteiger partial charge in [0.05, 0.1) is 0 Å². The predicted octanol–water partition coefficient (Wildman–Crippen LogP) is 11.3. The predicted molar refractivity (Wildman–Crippen MR) is 214 cm³/mol. The van der Waals surface area contributed by atoms with E-state index in [4.69, 9.17) is 40.8 Å². The first kappa shape index (κ1) is 70.7. The van der Waals surface area contributed by atoms with Crippen LogP contribution in [0.1, 0.15) is 97.4 Å². The average Bonchev–Trinajstić information content (AvgIpc) is 3.63. The second-order valence-corrected chi connectivity index (χ2v) is 24.0. The molecule has 2 saturated carbocycles. The maximum atomic E-state index is 14.1. The molecule has 354 valence electrons. The van der Waals surface area contributed by atoms with Crippen molar-refractivity contribution in [2.75, 3.05) is 49.8 Å². The highest BCUT2D eigenvalue weighted by Crippen LogP contribution is 2.69. The number of ether oxygens (including phenoxy) is 1. The van der Waals surface area contributed by atoms with Crippen molar-refractivity contribution in [1.82, 2.24) is 0 Å². The van der Waals surface area contributed by atoms with E-state index in [0.29, 0.717) is 12.8 Å². The molecule has 0 amide bonds. The third kappa shape index (κ3) is 17.2. The number of carbonyl (C=O) groups is 1. The van der Waals surface area contributed by atoms with Crippen LogP contribution in [-0.2, 0) is 40.5 Å². The van der Waals surface area contributed by atoms with Crippen LogP contribution >= 0.6 is 0 Å². The van der Waals surface area contributed by atoms with Gasteiger partial charge in [-0.15, -0.1) is 0 Å².